The molecular formula is C45H80N12O12S2. The molecule has 4 amide bonds. The summed E-state index contributed by atoms with van der Waals surface area (Å²) in [6.45, 7) is 22.6. The maximum absolute atomic E-state index is 12.4. The van der Waals surface area contributed by atoms with E-state index in [1.807, 2.05) is 0 Å². The molecule has 404 valence electrons. The molecule has 2 aromatic heterocycles. The van der Waals surface area contributed by atoms with Crippen molar-refractivity contribution in [3.05, 3.63) is 23.6 Å². The number of quaternary nitrogens is 1. The molecule has 2 aromatic rings. The van der Waals surface area contributed by atoms with Gasteiger partial charge in [-0.2, -0.15) is 22.8 Å². The summed E-state index contributed by atoms with van der Waals surface area (Å²) in [5, 5.41) is 17.7. The molecule has 6 aliphatic heterocycles. The number of aromatic nitrogens is 4. The molecule has 71 heavy (non-hydrogen) atoms. The highest BCUT2D eigenvalue weighted by Gasteiger charge is 2.50. The lowest BCUT2D eigenvalue weighted by molar-refractivity contribution is -0.929. The van der Waals surface area contributed by atoms with Crippen LogP contribution >= 0.6 is 0 Å². The van der Waals surface area contributed by atoms with Gasteiger partial charge >= 0.3 is 22.5 Å². The number of likely N-dealkylation sites (tertiary alicyclic amines) is 2. The van der Waals surface area contributed by atoms with Crippen molar-refractivity contribution in [2.45, 2.75) is 181 Å². The lowest BCUT2D eigenvalue weighted by Gasteiger charge is -2.39. The van der Waals surface area contributed by atoms with E-state index < -0.39 is 57.0 Å². The number of rotatable bonds is 22. The van der Waals surface area contributed by atoms with Crippen LogP contribution in [0.15, 0.2) is 8.83 Å². The van der Waals surface area contributed by atoms with Crippen LogP contribution in [0.5, 0.6) is 0 Å². The molecule has 6 aliphatic rings. The van der Waals surface area contributed by atoms with Crippen molar-refractivity contribution in [2.24, 2.45) is 11.7 Å². The van der Waals surface area contributed by atoms with Gasteiger partial charge < -0.3 is 33.4 Å². The predicted molar refractivity (Wildman–Crippen MR) is 257 cm³/mol. The average Bonchev–Trinajstić information content (AvgIpc) is 4.11. The van der Waals surface area contributed by atoms with Crippen LogP contribution in [0, 0.1) is 5.92 Å². The summed E-state index contributed by atoms with van der Waals surface area (Å²) in [5.74, 6) is 2.36. The summed E-state index contributed by atoms with van der Waals surface area (Å²) in [4.78, 5) is 32.2. The van der Waals surface area contributed by atoms with E-state index in [1.54, 1.807) is 0 Å². The molecule has 24 nitrogen and oxygen atoms in total. The van der Waals surface area contributed by atoms with Crippen LogP contribution in [0.3, 0.4) is 0 Å². The molecule has 0 radical (unpaired) electrons. The number of piperidine rings is 4. The summed E-state index contributed by atoms with van der Waals surface area (Å²) in [6.07, 6.45) is 17.2. The molecule has 4 bridgehead atoms. The normalized spacial score (nSPS) is 23.8. The first-order valence-electron chi connectivity index (χ1n) is 26.1. The highest BCUT2D eigenvalue weighted by atomic mass is 32.3. The number of nitrogens with two attached hydrogens (primary N) is 1. The van der Waals surface area contributed by atoms with E-state index in [9.17, 15) is 31.0 Å². The molecule has 0 saturated carbocycles. The van der Waals surface area contributed by atoms with Crippen molar-refractivity contribution >= 4 is 32.9 Å². The Hall–Kier alpha value is -3.60. The Balaban J connectivity index is 0.000000180. The second-order valence-electron chi connectivity index (χ2n) is 20.3. The fourth-order valence-electron chi connectivity index (χ4n) is 10.5. The third-order valence-electron chi connectivity index (χ3n) is 14.7. The molecule has 0 spiro atoms. The zero-order valence-corrected chi connectivity index (χ0v) is 44.1. The van der Waals surface area contributed by atoms with E-state index in [4.69, 9.17) is 19.1 Å². The summed E-state index contributed by atoms with van der Waals surface area (Å²) >= 11 is 0. The van der Waals surface area contributed by atoms with E-state index in [0.717, 1.165) is 57.8 Å². The molecule has 26 heteroatoms. The minimum atomic E-state index is -5.01. The lowest BCUT2D eigenvalue weighted by atomic mass is 9.99. The topological polar surface area (TPSA) is 287 Å². The van der Waals surface area contributed by atoms with Crippen molar-refractivity contribution in [1.29, 1.82) is 0 Å². The van der Waals surface area contributed by atoms with Crippen LogP contribution in [0.4, 0.5) is 9.59 Å². The monoisotopic (exact) mass is 1040 g/mol. The van der Waals surface area contributed by atoms with Crippen LogP contribution in [0.1, 0.15) is 173 Å². The van der Waals surface area contributed by atoms with Gasteiger partial charge in [-0.25, -0.2) is 18.0 Å². The first-order chi connectivity index (χ1) is 33.8. The smallest absolute Gasteiger partial charge is 0.418 e. The van der Waals surface area contributed by atoms with E-state index in [0.29, 0.717) is 72.5 Å². The van der Waals surface area contributed by atoms with Crippen molar-refractivity contribution in [3.63, 3.8) is 0 Å². The Morgan fingerprint density at radius 1 is 0.634 bits per heavy atom. The molecular weight excluding hydrogens is 965 g/mol. The van der Waals surface area contributed by atoms with Gasteiger partial charge in [0.2, 0.25) is 34.0 Å². The van der Waals surface area contributed by atoms with Gasteiger partial charge in [0.1, 0.15) is 12.1 Å². The Morgan fingerprint density at radius 2 is 1.03 bits per heavy atom. The maximum atomic E-state index is 12.4. The summed E-state index contributed by atoms with van der Waals surface area (Å²) < 4.78 is 85.0. The predicted octanol–water partition coefficient (Wildman–Crippen LogP) is 5.31. The number of amides is 4. The zero-order chi connectivity index (χ0) is 51.3. The molecule has 0 unspecified atom stereocenters. The van der Waals surface area contributed by atoms with Crippen LogP contribution in [0.2, 0.25) is 0 Å². The number of carbonyl (C=O) groups excluding carboxylic acids is 2. The van der Waals surface area contributed by atoms with Crippen LogP contribution < -0.4 is 5.73 Å². The number of hydrogen-bond donors (Lipinski definition) is 2. The Kier molecular flexibility index (Phi) is 20.8. The number of hydroxylamine groups is 4. The second-order valence-corrected chi connectivity index (χ2v) is 22.3. The number of fused-ring (bicyclic) bond motifs is 4. The molecule has 8 rings (SSSR count). The second kappa shape index (κ2) is 26.1. The number of unbranched alkanes of at least 4 members (excludes halogenated alkanes) is 4. The van der Waals surface area contributed by atoms with E-state index in [1.165, 1.54) is 91.8 Å². The molecule has 8 heterocycles. The van der Waals surface area contributed by atoms with Gasteiger partial charge in [0, 0.05) is 32.2 Å². The average molecular weight is 1050 g/mol. The molecule has 6 saturated heterocycles. The summed E-state index contributed by atoms with van der Waals surface area (Å²) in [6, 6.07) is -2.90. The standard InChI is InChI=1S/C16H36N.C15H23N5O6S.C14H22N6O6S/c1-5-9-13-17(14-10-6-2,15-11-7-3)16-12-8-4;1-10-4-6-18(7-5-10)9-13-16-17-14(25-13)12-3-2-11-8-19(12)15(21)20(11)26-27(22,23)24;15-9-3-5-18(6-4-9)8-12-16-17-13(25-12)11-2-1-10-7-19(11)14(21)20(10)26-27(22,23)24/h5-16H2,1-4H3;10-12H,2-9H2,1H3,(H,22,23,24);9-11H,1-8,15H2,(H,22,23,24)/q+1;;/p-1/t;11-,12+;10-,11+/m.11/s1. The minimum absolute atomic E-state index is 0.240. The summed E-state index contributed by atoms with van der Waals surface area (Å²) in [7, 11) is -9.77. The fraction of sp³-hybridized carbons (Fsp3) is 0.867. The van der Waals surface area contributed by atoms with Crippen molar-refractivity contribution < 1.29 is 57.4 Å². The van der Waals surface area contributed by atoms with Gasteiger partial charge in [-0.3, -0.25) is 14.4 Å². The Morgan fingerprint density at radius 3 is 1.41 bits per heavy atom. The lowest BCUT2D eigenvalue weighted by Crippen LogP contribution is -2.50. The minimum Gasteiger partial charge on any atom is -0.724 e. The molecule has 6 fully saturated rings. The number of nitrogens with zero attached hydrogens (tertiary/aromatic N) is 11. The molecule has 3 N–H and O–H groups in total. The van der Waals surface area contributed by atoms with Gasteiger partial charge in [0.05, 0.1) is 51.4 Å². The van der Waals surface area contributed by atoms with Crippen LogP contribution in [-0.2, 0) is 42.5 Å². The van der Waals surface area contributed by atoms with Crippen molar-refractivity contribution in [3.8, 4) is 0 Å². The van der Waals surface area contributed by atoms with Gasteiger partial charge in [-0.05, 0) is 96.1 Å². The Labute approximate surface area is 420 Å². The first-order valence-corrected chi connectivity index (χ1v) is 28.8. The third-order valence-corrected chi connectivity index (χ3v) is 15.4. The zero-order valence-electron chi connectivity index (χ0n) is 42.5. The maximum Gasteiger partial charge on any atom is 0.418 e. The van der Waals surface area contributed by atoms with Crippen LogP contribution in [-0.4, -0.2) is 176 Å². The molecule has 0 aromatic carbocycles. The van der Waals surface area contributed by atoms with E-state index in [2.05, 4.69) is 73.4 Å². The fourth-order valence-corrected chi connectivity index (χ4v) is 11.2. The summed E-state index contributed by atoms with van der Waals surface area (Å²) in [5.41, 5.74) is 5.91. The molecule has 4 atom stereocenters. The largest absolute Gasteiger partial charge is 0.724 e. The molecule has 0 aliphatic carbocycles. The van der Waals surface area contributed by atoms with Gasteiger partial charge in [0.15, 0.2) is 0 Å². The van der Waals surface area contributed by atoms with E-state index >= 15 is 0 Å². The SMILES string of the molecule is CC1CCN(Cc2nnc([C@@H]3CC[C@@H]4CN3C(=O)N4OS(=O)(=O)[O-])o2)CC1.CCCC[N+](CCCC)(CCCC)CCCC.NC1CCN(Cc2nnc([C@@H]3CC[C@@H]4CN3C(=O)N4OS(=O)(=O)O)o2)CC1. The quantitative estimate of drug-likeness (QED) is 0.0858. The highest BCUT2D eigenvalue weighted by molar-refractivity contribution is 7.81. The highest BCUT2D eigenvalue weighted by Crippen LogP contribution is 2.40. The third kappa shape index (κ3) is 16.2. The van der Waals surface area contributed by atoms with Gasteiger partial charge in [-0.1, -0.05) is 60.3 Å². The van der Waals surface area contributed by atoms with E-state index in [-0.39, 0.29) is 19.1 Å². The van der Waals surface area contributed by atoms with Crippen molar-refractivity contribution in [1.82, 2.24) is 50.1 Å². The first kappa shape index (κ1) is 56.7. The van der Waals surface area contributed by atoms with Gasteiger partial charge in [0.25, 0.3) is 0 Å². The number of urea groups is 2. The number of carbonyl (C=O) groups is 2. The van der Waals surface area contributed by atoms with Crippen LogP contribution in [0.25, 0.3) is 0 Å². The Bertz CT molecular complexity index is 2030. The van der Waals surface area contributed by atoms with Crippen molar-refractivity contribution in [2.75, 3.05) is 65.4 Å². The van der Waals surface area contributed by atoms with Gasteiger partial charge in [-0.15, -0.1) is 24.7 Å². The number of hydrogen-bond acceptors (Lipinski definition) is 18.